The highest BCUT2D eigenvalue weighted by molar-refractivity contribution is 9.10. The van der Waals surface area contributed by atoms with Crippen LogP contribution in [-0.2, 0) is 0 Å². The van der Waals surface area contributed by atoms with Gasteiger partial charge in [-0.2, -0.15) is 10.4 Å². The van der Waals surface area contributed by atoms with Gasteiger partial charge in [-0.1, -0.05) is 35.4 Å². The Balaban J connectivity index is 2.16. The molecule has 0 atom stereocenters. The second-order valence-corrected chi connectivity index (χ2v) is 7.64. The van der Waals surface area contributed by atoms with E-state index < -0.39 is 0 Å². The fourth-order valence-electron chi connectivity index (χ4n) is 2.58. The van der Waals surface area contributed by atoms with Crippen LogP contribution in [0.4, 0.5) is 5.82 Å². The monoisotopic (exact) mass is 489 g/mol. The molecule has 0 amide bonds. The molecule has 0 saturated carbocycles. The summed E-state index contributed by atoms with van der Waals surface area (Å²) in [7, 11) is 0. The SMILES string of the molecule is C=C(C)/C=C(\N=C/N)Nc1ncc(Br)c2nn(-c3c(Cl)cc(C#N)cc3Cl)cc12. The van der Waals surface area contributed by atoms with E-state index >= 15 is 0 Å². The highest BCUT2D eigenvalue weighted by Gasteiger charge is 2.17. The van der Waals surface area contributed by atoms with Crippen LogP contribution in [0.5, 0.6) is 0 Å². The summed E-state index contributed by atoms with van der Waals surface area (Å²) in [6.07, 6.45) is 6.27. The lowest BCUT2D eigenvalue weighted by atomic mass is 10.2. The molecule has 7 nitrogen and oxygen atoms in total. The summed E-state index contributed by atoms with van der Waals surface area (Å²) in [5.74, 6) is 0.978. The summed E-state index contributed by atoms with van der Waals surface area (Å²) in [6, 6.07) is 5.08. The highest BCUT2D eigenvalue weighted by atomic mass is 79.9. The van der Waals surface area contributed by atoms with Gasteiger partial charge in [-0.05, 0) is 41.1 Å². The molecule has 29 heavy (non-hydrogen) atoms. The van der Waals surface area contributed by atoms with Crippen molar-refractivity contribution in [2.24, 2.45) is 10.7 Å². The van der Waals surface area contributed by atoms with E-state index in [1.807, 2.05) is 13.0 Å². The highest BCUT2D eigenvalue weighted by Crippen LogP contribution is 2.34. The summed E-state index contributed by atoms with van der Waals surface area (Å²) in [4.78, 5) is 8.50. The minimum Gasteiger partial charge on any atom is -0.390 e. The maximum absolute atomic E-state index is 9.08. The molecule has 0 fully saturated rings. The van der Waals surface area contributed by atoms with Crippen LogP contribution in [0, 0.1) is 11.3 Å². The van der Waals surface area contributed by atoms with Crippen molar-refractivity contribution in [3.8, 4) is 11.8 Å². The number of benzene rings is 1. The largest absolute Gasteiger partial charge is 0.390 e. The standard InChI is InChI=1S/C19H14BrCl2N7/c1-10(2)3-16(26-9-24)27-19-12-8-29(28-17(12)13(20)7-25-19)18-14(21)4-11(6-23)5-15(18)22/h3-5,7-9H,1H2,2H3,(H2,24,26)(H,25,27)/b16-3+. The minimum absolute atomic E-state index is 0.302. The van der Waals surface area contributed by atoms with Crippen molar-refractivity contribution in [3.05, 3.63) is 68.7 Å². The van der Waals surface area contributed by atoms with E-state index in [1.165, 1.54) is 18.5 Å². The summed E-state index contributed by atoms with van der Waals surface area (Å²) in [6.45, 7) is 5.68. The predicted molar refractivity (Wildman–Crippen MR) is 120 cm³/mol. The molecule has 0 aliphatic carbocycles. The Morgan fingerprint density at radius 2 is 2.10 bits per heavy atom. The number of rotatable bonds is 5. The summed E-state index contributed by atoms with van der Waals surface area (Å²) in [5, 5.41) is 18.1. The van der Waals surface area contributed by atoms with Crippen LogP contribution in [-0.4, -0.2) is 21.1 Å². The number of nitrogens with zero attached hydrogens (tertiary/aromatic N) is 5. The number of nitrogens with one attached hydrogen (secondary N) is 1. The summed E-state index contributed by atoms with van der Waals surface area (Å²) in [5.41, 5.74) is 7.67. The number of nitriles is 1. The Bertz CT molecular complexity index is 1200. The molecule has 2 heterocycles. The van der Waals surface area contributed by atoms with Crippen LogP contribution in [0.3, 0.4) is 0 Å². The molecule has 2 aromatic heterocycles. The first-order valence-electron chi connectivity index (χ1n) is 8.16. The molecule has 0 spiro atoms. The molecule has 0 radical (unpaired) electrons. The number of aliphatic imine (C=N–C) groups is 1. The van der Waals surface area contributed by atoms with Crippen LogP contribution in [0.1, 0.15) is 12.5 Å². The molecular weight excluding hydrogens is 477 g/mol. The average molecular weight is 491 g/mol. The zero-order valence-electron chi connectivity index (χ0n) is 15.1. The van der Waals surface area contributed by atoms with E-state index in [1.54, 1.807) is 23.2 Å². The zero-order chi connectivity index (χ0) is 21.1. The Kier molecular flexibility index (Phi) is 6.23. The van der Waals surface area contributed by atoms with Gasteiger partial charge in [0.15, 0.2) is 0 Å². The molecule has 0 aliphatic rings. The van der Waals surface area contributed by atoms with Gasteiger partial charge in [-0.25, -0.2) is 14.7 Å². The molecule has 0 unspecified atom stereocenters. The van der Waals surface area contributed by atoms with Crippen LogP contribution in [0.15, 0.2) is 58.0 Å². The lowest BCUT2D eigenvalue weighted by molar-refractivity contribution is 0.896. The van der Waals surface area contributed by atoms with E-state index in [9.17, 15) is 0 Å². The van der Waals surface area contributed by atoms with Gasteiger partial charge in [-0.3, -0.25) is 0 Å². The molecule has 146 valence electrons. The average Bonchev–Trinajstić information content (AvgIpc) is 3.09. The number of nitrogens with two attached hydrogens (primary N) is 1. The molecule has 1 aromatic carbocycles. The van der Waals surface area contributed by atoms with E-state index in [0.29, 0.717) is 48.3 Å². The van der Waals surface area contributed by atoms with Gasteiger partial charge in [0.2, 0.25) is 0 Å². The third-order valence-corrected chi connectivity index (χ3v) is 4.88. The van der Waals surface area contributed by atoms with Crippen LogP contribution in [0.2, 0.25) is 10.0 Å². The summed E-state index contributed by atoms with van der Waals surface area (Å²) < 4.78 is 2.23. The van der Waals surface area contributed by atoms with Gasteiger partial charge >= 0.3 is 0 Å². The number of hydrogen-bond acceptors (Lipinski definition) is 5. The number of anilines is 1. The van der Waals surface area contributed by atoms with Crippen molar-refractivity contribution in [1.82, 2.24) is 14.8 Å². The van der Waals surface area contributed by atoms with Crippen LogP contribution >= 0.6 is 39.1 Å². The Labute approximate surface area is 185 Å². The molecule has 0 aliphatic heterocycles. The van der Waals surface area contributed by atoms with E-state index in [4.69, 9.17) is 34.2 Å². The first-order chi connectivity index (χ1) is 13.8. The number of aromatic nitrogens is 3. The van der Waals surface area contributed by atoms with Crippen molar-refractivity contribution in [1.29, 1.82) is 5.26 Å². The number of hydrogen-bond donors (Lipinski definition) is 2. The van der Waals surface area contributed by atoms with E-state index in [0.717, 1.165) is 5.57 Å². The molecular formula is C19H14BrCl2N7. The van der Waals surface area contributed by atoms with Crippen molar-refractivity contribution in [2.45, 2.75) is 6.92 Å². The number of allylic oxidation sites excluding steroid dienone is 2. The molecule has 3 aromatic rings. The second-order valence-electron chi connectivity index (χ2n) is 5.97. The maximum atomic E-state index is 9.08. The van der Waals surface area contributed by atoms with Gasteiger partial charge in [0, 0.05) is 12.4 Å². The topological polar surface area (TPSA) is 105 Å². The second kappa shape index (κ2) is 8.66. The number of halogens is 3. The fraction of sp³-hybridized carbons (Fsp3) is 0.0526. The first-order valence-corrected chi connectivity index (χ1v) is 9.70. The van der Waals surface area contributed by atoms with Gasteiger partial charge in [0.1, 0.15) is 22.8 Å². The molecule has 0 saturated heterocycles. The third kappa shape index (κ3) is 4.43. The maximum Gasteiger partial charge on any atom is 0.142 e. The Morgan fingerprint density at radius 1 is 1.41 bits per heavy atom. The predicted octanol–water partition coefficient (Wildman–Crippen LogP) is 5.18. The van der Waals surface area contributed by atoms with Gasteiger partial charge in [0.25, 0.3) is 0 Å². The Morgan fingerprint density at radius 3 is 2.69 bits per heavy atom. The van der Waals surface area contributed by atoms with Crippen LogP contribution in [0.25, 0.3) is 16.6 Å². The molecule has 3 N–H and O–H groups in total. The number of fused-ring (bicyclic) bond motifs is 1. The quantitative estimate of drug-likeness (QED) is 0.291. The first kappa shape index (κ1) is 20.9. The third-order valence-electron chi connectivity index (χ3n) is 3.72. The van der Waals surface area contributed by atoms with Gasteiger partial charge in [0.05, 0.1) is 37.9 Å². The van der Waals surface area contributed by atoms with E-state index in [2.05, 4.69) is 42.9 Å². The van der Waals surface area contributed by atoms with E-state index in [-0.39, 0.29) is 0 Å². The van der Waals surface area contributed by atoms with Crippen molar-refractivity contribution in [3.63, 3.8) is 0 Å². The zero-order valence-corrected chi connectivity index (χ0v) is 18.2. The molecule has 10 heteroatoms. The molecule has 0 bridgehead atoms. The normalized spacial score (nSPS) is 11.8. The summed E-state index contributed by atoms with van der Waals surface area (Å²) >= 11 is 16.2. The van der Waals surface area contributed by atoms with Crippen molar-refractivity contribution >= 4 is 62.2 Å². The lowest BCUT2D eigenvalue weighted by Gasteiger charge is -2.07. The van der Waals surface area contributed by atoms with Crippen molar-refractivity contribution < 1.29 is 0 Å². The lowest BCUT2D eigenvalue weighted by Crippen LogP contribution is -2.02. The minimum atomic E-state index is 0.302. The number of pyridine rings is 1. The van der Waals surface area contributed by atoms with Crippen LogP contribution < -0.4 is 11.1 Å². The van der Waals surface area contributed by atoms with Gasteiger partial charge < -0.3 is 11.1 Å². The smallest absolute Gasteiger partial charge is 0.142 e. The fourth-order valence-corrected chi connectivity index (χ4v) is 3.63. The Hall–Kier alpha value is -2.86. The van der Waals surface area contributed by atoms with Gasteiger partial charge in [-0.15, -0.1) is 0 Å². The molecule has 3 rings (SSSR count). The van der Waals surface area contributed by atoms with Crippen molar-refractivity contribution in [2.75, 3.05) is 5.32 Å².